The van der Waals surface area contributed by atoms with Gasteiger partial charge in [0.15, 0.2) is 5.71 Å². The third kappa shape index (κ3) is 3.48. The summed E-state index contributed by atoms with van der Waals surface area (Å²) in [4.78, 5) is 31.9. The number of anilines is 3. The summed E-state index contributed by atoms with van der Waals surface area (Å²) in [6.45, 7) is 3.78. The molecule has 0 saturated carbocycles. The van der Waals surface area contributed by atoms with Crippen LogP contribution in [0.2, 0.25) is 0 Å². The maximum absolute atomic E-state index is 13.0. The van der Waals surface area contributed by atoms with Crippen molar-refractivity contribution < 1.29 is 14.4 Å². The van der Waals surface area contributed by atoms with Crippen LogP contribution in [0.1, 0.15) is 16.7 Å². The van der Waals surface area contributed by atoms with Gasteiger partial charge in [-0.25, -0.2) is 4.79 Å². The molecular weight excluding hydrogens is 366 g/mol. The first kappa shape index (κ1) is 18.4. The fourth-order valence-electron chi connectivity index (χ4n) is 3.34. The molecule has 3 aromatic rings. The summed E-state index contributed by atoms with van der Waals surface area (Å²) in [5.41, 5.74) is 4.60. The molecule has 144 valence electrons. The second-order valence-corrected chi connectivity index (χ2v) is 6.70. The summed E-state index contributed by atoms with van der Waals surface area (Å²) in [5.74, 6) is -0.350. The second-order valence-electron chi connectivity index (χ2n) is 6.70. The molecule has 0 fully saturated rings. The number of nitrogens with zero attached hydrogens (tertiary/aromatic N) is 2. The Morgan fingerprint density at radius 1 is 0.897 bits per heavy atom. The van der Waals surface area contributed by atoms with E-state index in [0.29, 0.717) is 16.9 Å². The highest BCUT2D eigenvalue weighted by Crippen LogP contribution is 2.35. The van der Waals surface area contributed by atoms with Gasteiger partial charge in [-0.15, -0.1) is 0 Å². The molecule has 0 unspecified atom stereocenters. The van der Waals surface area contributed by atoms with Crippen LogP contribution in [-0.2, 0) is 9.63 Å². The zero-order valence-electron chi connectivity index (χ0n) is 16.0. The van der Waals surface area contributed by atoms with Crippen LogP contribution >= 0.6 is 0 Å². The van der Waals surface area contributed by atoms with E-state index in [0.717, 1.165) is 16.8 Å². The number of amides is 2. The van der Waals surface area contributed by atoms with Crippen LogP contribution in [0.15, 0.2) is 78.0 Å². The van der Waals surface area contributed by atoms with Crippen LogP contribution in [-0.4, -0.2) is 17.7 Å². The molecule has 0 saturated heterocycles. The predicted molar refractivity (Wildman–Crippen MR) is 113 cm³/mol. The van der Waals surface area contributed by atoms with Crippen molar-refractivity contribution in [2.24, 2.45) is 5.16 Å². The Morgan fingerprint density at radius 3 is 2.28 bits per heavy atom. The molecule has 0 atom stereocenters. The van der Waals surface area contributed by atoms with Crippen molar-refractivity contribution in [3.63, 3.8) is 0 Å². The Morgan fingerprint density at radius 2 is 1.55 bits per heavy atom. The minimum atomic E-state index is -0.752. The maximum Gasteiger partial charge on any atom is 0.437 e. The van der Waals surface area contributed by atoms with Gasteiger partial charge in [0.05, 0.1) is 5.69 Å². The third-order valence-corrected chi connectivity index (χ3v) is 4.75. The van der Waals surface area contributed by atoms with E-state index in [1.165, 1.54) is 0 Å². The van der Waals surface area contributed by atoms with Crippen LogP contribution in [0.4, 0.5) is 21.9 Å². The van der Waals surface area contributed by atoms with Crippen molar-refractivity contribution in [3.05, 3.63) is 89.5 Å². The van der Waals surface area contributed by atoms with E-state index in [-0.39, 0.29) is 11.6 Å². The van der Waals surface area contributed by atoms with Crippen molar-refractivity contribution in [2.75, 3.05) is 10.2 Å². The predicted octanol–water partition coefficient (Wildman–Crippen LogP) is 4.93. The normalized spacial score (nSPS) is 14.1. The minimum absolute atomic E-state index is 0.0844. The highest BCUT2D eigenvalue weighted by Gasteiger charge is 2.35. The number of para-hydroxylation sites is 3. The number of oxime groups is 1. The first-order valence-electron chi connectivity index (χ1n) is 9.17. The molecule has 0 spiro atoms. The quantitative estimate of drug-likeness (QED) is 0.513. The minimum Gasteiger partial charge on any atom is -0.297 e. The average Bonchev–Trinajstić information content (AvgIpc) is 3.01. The van der Waals surface area contributed by atoms with E-state index < -0.39 is 6.09 Å². The van der Waals surface area contributed by atoms with Gasteiger partial charge in [-0.05, 0) is 43.2 Å². The van der Waals surface area contributed by atoms with E-state index >= 15 is 0 Å². The largest absolute Gasteiger partial charge is 0.437 e. The van der Waals surface area contributed by atoms with Gasteiger partial charge in [0.1, 0.15) is 0 Å². The SMILES string of the molecule is Cc1cccc(C)c1NC(=O)ON=C1C(=O)N(c2ccccc2)c2ccccc21. The molecule has 1 aliphatic heterocycles. The summed E-state index contributed by atoms with van der Waals surface area (Å²) >= 11 is 0. The lowest BCUT2D eigenvalue weighted by Crippen LogP contribution is -2.26. The molecule has 4 rings (SSSR count). The van der Waals surface area contributed by atoms with Crippen LogP contribution < -0.4 is 10.2 Å². The zero-order chi connectivity index (χ0) is 20.4. The van der Waals surface area contributed by atoms with Gasteiger partial charge < -0.3 is 0 Å². The van der Waals surface area contributed by atoms with Gasteiger partial charge in [0.25, 0.3) is 5.91 Å². The summed E-state index contributed by atoms with van der Waals surface area (Å²) in [6.07, 6.45) is -0.752. The van der Waals surface area contributed by atoms with E-state index in [1.54, 1.807) is 11.0 Å². The lowest BCUT2D eigenvalue weighted by molar-refractivity contribution is -0.111. The van der Waals surface area contributed by atoms with Crippen LogP contribution in [0.25, 0.3) is 0 Å². The molecular formula is C23H19N3O3. The van der Waals surface area contributed by atoms with E-state index in [2.05, 4.69) is 10.5 Å². The van der Waals surface area contributed by atoms with E-state index in [1.807, 2.05) is 80.6 Å². The summed E-state index contributed by atoms with van der Waals surface area (Å²) in [6, 6.07) is 22.2. The summed E-state index contributed by atoms with van der Waals surface area (Å²) in [7, 11) is 0. The van der Waals surface area contributed by atoms with Crippen LogP contribution in [0.5, 0.6) is 0 Å². The molecule has 0 radical (unpaired) electrons. The van der Waals surface area contributed by atoms with Crippen LogP contribution in [0.3, 0.4) is 0 Å². The number of rotatable bonds is 3. The molecule has 2 amide bonds. The molecule has 29 heavy (non-hydrogen) atoms. The van der Waals surface area contributed by atoms with Crippen molar-refractivity contribution in [1.82, 2.24) is 0 Å². The van der Waals surface area contributed by atoms with E-state index in [9.17, 15) is 9.59 Å². The van der Waals surface area contributed by atoms with Gasteiger partial charge in [0.2, 0.25) is 0 Å². The molecule has 0 bridgehead atoms. The molecule has 6 heteroatoms. The van der Waals surface area contributed by atoms with Crippen molar-refractivity contribution in [1.29, 1.82) is 0 Å². The number of carbonyl (C=O) groups excluding carboxylic acids is 2. The molecule has 1 N–H and O–H groups in total. The molecule has 3 aromatic carbocycles. The van der Waals surface area contributed by atoms with Gasteiger partial charge in [0, 0.05) is 16.9 Å². The Labute approximate surface area is 168 Å². The van der Waals surface area contributed by atoms with Crippen LogP contribution in [0, 0.1) is 13.8 Å². The molecule has 1 aliphatic rings. The van der Waals surface area contributed by atoms with Crippen molar-refractivity contribution in [3.8, 4) is 0 Å². The summed E-state index contributed by atoms with van der Waals surface area (Å²) < 4.78 is 0. The fraction of sp³-hybridized carbons (Fsp3) is 0.0870. The first-order valence-corrected chi connectivity index (χ1v) is 9.17. The Hall–Kier alpha value is -3.93. The highest BCUT2D eigenvalue weighted by atomic mass is 16.7. The van der Waals surface area contributed by atoms with Gasteiger partial charge >= 0.3 is 6.09 Å². The number of aryl methyl sites for hydroxylation is 2. The number of benzene rings is 3. The smallest absolute Gasteiger partial charge is 0.297 e. The van der Waals surface area contributed by atoms with E-state index in [4.69, 9.17) is 4.84 Å². The van der Waals surface area contributed by atoms with Crippen molar-refractivity contribution in [2.45, 2.75) is 13.8 Å². The number of hydrogen-bond donors (Lipinski definition) is 1. The standard InChI is InChI=1S/C23H19N3O3/c1-15-9-8-10-16(2)20(15)24-23(28)29-25-21-18-13-6-7-14-19(18)26(22(21)27)17-11-4-3-5-12-17/h3-14H,1-2H3,(H,24,28). The lowest BCUT2D eigenvalue weighted by atomic mass is 10.1. The average molecular weight is 385 g/mol. The van der Waals surface area contributed by atoms with Gasteiger partial charge in [-0.3, -0.25) is 19.8 Å². The number of fused-ring (bicyclic) bond motifs is 1. The van der Waals surface area contributed by atoms with Gasteiger partial charge in [-0.1, -0.05) is 59.8 Å². The number of nitrogens with one attached hydrogen (secondary N) is 1. The zero-order valence-corrected chi connectivity index (χ0v) is 16.0. The Balaban J connectivity index is 1.61. The molecule has 6 nitrogen and oxygen atoms in total. The van der Waals surface area contributed by atoms with Crippen molar-refractivity contribution >= 4 is 34.8 Å². The summed E-state index contributed by atoms with van der Waals surface area (Å²) in [5, 5.41) is 6.58. The third-order valence-electron chi connectivity index (χ3n) is 4.75. The number of carbonyl (C=O) groups is 2. The number of hydrogen-bond acceptors (Lipinski definition) is 4. The fourth-order valence-corrected chi connectivity index (χ4v) is 3.34. The molecule has 0 aliphatic carbocycles. The highest BCUT2D eigenvalue weighted by molar-refractivity contribution is 6.55. The topological polar surface area (TPSA) is 71.0 Å². The Bertz CT molecular complexity index is 1100. The second kappa shape index (κ2) is 7.59. The lowest BCUT2D eigenvalue weighted by Gasteiger charge is -2.16. The Kier molecular flexibility index (Phi) is 4.83. The maximum atomic E-state index is 13.0. The molecule has 0 aromatic heterocycles. The monoisotopic (exact) mass is 385 g/mol. The van der Waals surface area contributed by atoms with Gasteiger partial charge in [-0.2, -0.15) is 0 Å². The molecule has 1 heterocycles. The first-order chi connectivity index (χ1) is 14.1.